The Balaban J connectivity index is 0.843. The lowest BCUT2D eigenvalue weighted by Crippen LogP contribution is -2.69. The van der Waals surface area contributed by atoms with Crippen molar-refractivity contribution in [3.05, 3.63) is 11.6 Å². The molecule has 18 unspecified atom stereocenters. The smallest absolute Gasteiger partial charge is 0.335 e. The highest BCUT2D eigenvalue weighted by molar-refractivity contribution is 7.99. The van der Waals surface area contributed by atoms with Gasteiger partial charge in [0.25, 0.3) is 0 Å². The van der Waals surface area contributed by atoms with Gasteiger partial charge in [-0.1, -0.05) is 91.7 Å². The summed E-state index contributed by atoms with van der Waals surface area (Å²) < 4.78 is 67.4. The van der Waals surface area contributed by atoms with E-state index in [1.54, 1.807) is 13.8 Å². The van der Waals surface area contributed by atoms with Crippen LogP contribution in [0, 0.1) is 50.2 Å². The van der Waals surface area contributed by atoms with Gasteiger partial charge in [0.05, 0.1) is 56.2 Å². The highest BCUT2D eigenvalue weighted by atomic mass is 32.2. The Kier molecular flexibility index (Phi) is 29.0. The van der Waals surface area contributed by atoms with Gasteiger partial charge < -0.3 is 154 Å². The number of aldehydes is 1. The van der Waals surface area contributed by atoms with Gasteiger partial charge in [0.15, 0.2) is 37.6 Å². The van der Waals surface area contributed by atoms with Gasteiger partial charge in [0.2, 0.25) is 5.91 Å². The Morgan fingerprint density at radius 3 is 1.73 bits per heavy atom. The van der Waals surface area contributed by atoms with Crippen LogP contribution in [0.2, 0.25) is 0 Å². The Bertz CT molecular complexity index is 3160. The van der Waals surface area contributed by atoms with Crippen molar-refractivity contribution >= 4 is 35.7 Å². The topological polar surface area (TPSA) is 526 Å². The summed E-state index contributed by atoms with van der Waals surface area (Å²) in [6.45, 7) is 13.4. The number of carboxylic acid groups (broad SMARTS) is 1. The molecule has 0 aromatic carbocycles. The van der Waals surface area contributed by atoms with Crippen molar-refractivity contribution in [2.24, 2.45) is 50.2 Å². The molecule has 0 radical (unpaired) electrons. The van der Waals surface area contributed by atoms with Crippen molar-refractivity contribution in [1.29, 1.82) is 0 Å². The molecular formula is C77H125NO32S. The second-order valence-electron chi connectivity index (χ2n) is 35.5. The minimum Gasteiger partial charge on any atom is -0.479 e. The first-order valence-electron chi connectivity index (χ1n) is 40.0. The van der Waals surface area contributed by atoms with Crippen LogP contribution in [0.15, 0.2) is 11.6 Å². The predicted molar refractivity (Wildman–Crippen MR) is 386 cm³/mol. The summed E-state index contributed by atoms with van der Waals surface area (Å²) in [5, 5.41) is 193. The van der Waals surface area contributed by atoms with E-state index in [0.29, 0.717) is 57.8 Å². The monoisotopic (exact) mass is 1610 g/mol. The molecule has 33 nitrogen and oxygen atoms in total. The van der Waals surface area contributed by atoms with Crippen LogP contribution in [0.3, 0.4) is 0 Å². The van der Waals surface area contributed by atoms with E-state index in [-0.39, 0.29) is 41.6 Å². The SMILES string of the molecule is CC(=O)CCCCCCCCCCC(=O)N[C@H]1C(CO)O[C@@H](SC[C@]23CCC(C)(C)CC2C2=CCC4C5(C)CC[C@H](O[C@@H]6OC(C(=O)O)[C@@H](O)[C@H](O[C@@H]7OC[C@@H](O)[C@H](O)C7O)C6O[C@@H]6OC(CO)[C@H](O)[C@H](O)C6O)[C@](C)(C=O)[C@@H]5CCC4(C)[C@]2(C)CC3O)C(O[C@@H]2OC(C)[C@H](O[C@@H]3OC[C@@H](O)C(O)C3O)C(O)C2O)C1O. The molecule has 0 bridgehead atoms. The summed E-state index contributed by atoms with van der Waals surface area (Å²) in [6, 6.07) is -1.26. The van der Waals surface area contributed by atoms with Crippen LogP contribution in [0.25, 0.3) is 0 Å². The van der Waals surface area contributed by atoms with Crippen LogP contribution in [-0.2, 0) is 71.3 Å². The van der Waals surface area contributed by atoms with Crippen molar-refractivity contribution in [3.63, 3.8) is 0 Å². The molecule has 18 N–H and O–H groups in total. The molecule has 1 amide bonds. The van der Waals surface area contributed by atoms with Crippen molar-refractivity contribution in [3.8, 4) is 0 Å². The van der Waals surface area contributed by atoms with Gasteiger partial charge in [-0.15, -0.1) is 11.8 Å². The largest absolute Gasteiger partial charge is 0.479 e. The number of Topliss-reactive ketones (excluding diaryl/α,β-unsaturated/α-hetero) is 1. The number of unbranched alkanes of at least 4 members (excludes halogenated alkanes) is 7. The number of carbonyl (C=O) groups excluding carboxylic acids is 3. The van der Waals surface area contributed by atoms with E-state index in [9.17, 15) is 106 Å². The molecule has 11 aliphatic rings. The number of ketones is 1. The fourth-order valence-electron chi connectivity index (χ4n) is 21.0. The number of carbonyl (C=O) groups is 4. The molecule has 0 aromatic rings. The van der Waals surface area contributed by atoms with Crippen LogP contribution in [-0.4, -0.2) is 326 Å². The molecule has 6 saturated heterocycles. The number of aliphatic hydroxyl groups excluding tert-OH is 16. The van der Waals surface area contributed by atoms with Gasteiger partial charge in [-0.2, -0.15) is 0 Å². The highest BCUT2D eigenvalue weighted by Gasteiger charge is 2.72. The molecule has 6 aliphatic heterocycles. The molecule has 636 valence electrons. The molecule has 4 saturated carbocycles. The number of fused-ring (bicyclic) bond motifs is 7. The summed E-state index contributed by atoms with van der Waals surface area (Å²) in [7, 11) is 0. The second kappa shape index (κ2) is 36.1. The van der Waals surface area contributed by atoms with Gasteiger partial charge in [0, 0.05) is 24.0 Å². The quantitative estimate of drug-likeness (QED) is 0.0184. The molecule has 10 fully saturated rings. The first-order valence-corrected chi connectivity index (χ1v) is 41.1. The maximum atomic E-state index is 14.3. The maximum Gasteiger partial charge on any atom is 0.335 e. The van der Waals surface area contributed by atoms with E-state index in [4.69, 9.17) is 52.1 Å². The predicted octanol–water partition coefficient (Wildman–Crippen LogP) is -1.04. The van der Waals surface area contributed by atoms with Gasteiger partial charge in [-0.25, -0.2) is 4.79 Å². The molecule has 111 heavy (non-hydrogen) atoms. The maximum absolute atomic E-state index is 14.3. The number of allylic oxidation sites excluding steroid dienone is 2. The molecule has 34 heteroatoms. The fraction of sp³-hybridized carbons (Fsp3) is 0.922. The van der Waals surface area contributed by atoms with Crippen LogP contribution in [0.1, 0.15) is 177 Å². The third-order valence-electron chi connectivity index (χ3n) is 27.9. The number of ether oxygens (including phenoxy) is 11. The number of aliphatic carboxylic acids is 1. The standard InChI is InChI=1S/C77H125NO32S/c1-35(82)17-15-13-11-9-10-12-14-16-18-47(86)78-48-41(29-79)104-71(63(52(48)90)109-68-58(96)54(92)60(36(2)102-68)106-66-55(93)49(87)39(83)31-100-66)111-34-77-26-25-72(3,4)27-38(77)37-19-20-44-73(5)23-22-46(74(6,33-81)43(73)21-24-75(44,7)76(37,8)28-45(77)85)105-70-64(110-69-57(95)53(91)51(89)42(30-80)103-69)61(59(97)62(108-70)65(98)99)107-67-56(94)50(88)40(84)32-101-67/h19,33,36,38-46,48-64,66-71,79-80,83-85,87-97H,9-18,20-32,34H2,1-8H3,(H,78,86)(H,98,99)/t36?,38?,39-,40-,41?,42?,43-,44?,45?,46+,48+,49?,50+,51+,52?,53+,54?,55?,56?,57?,58?,59+,60+,61+,62?,63?,64?,66+,67+,68+,69+,70-,71+,73?,74-,75?,76-,77-/m1/s1. The summed E-state index contributed by atoms with van der Waals surface area (Å²) in [4.78, 5) is 52.6. The van der Waals surface area contributed by atoms with Gasteiger partial charge in [-0.05, 0) is 124 Å². The fourth-order valence-corrected chi connectivity index (χ4v) is 22.7. The van der Waals surface area contributed by atoms with Crippen LogP contribution in [0.5, 0.6) is 0 Å². The van der Waals surface area contributed by atoms with Crippen LogP contribution in [0.4, 0.5) is 0 Å². The Hall–Kier alpha value is -2.71. The summed E-state index contributed by atoms with van der Waals surface area (Å²) in [5.41, 5.74) is -4.30. The third kappa shape index (κ3) is 17.6. The van der Waals surface area contributed by atoms with E-state index >= 15 is 0 Å². The van der Waals surface area contributed by atoms with Crippen molar-refractivity contribution in [2.75, 3.05) is 32.2 Å². The summed E-state index contributed by atoms with van der Waals surface area (Å²) in [5.74, 6) is -2.54. The van der Waals surface area contributed by atoms with Crippen LogP contribution < -0.4 is 5.32 Å². The minimum absolute atomic E-state index is 0.0966. The number of amides is 1. The Labute approximate surface area is 651 Å². The summed E-state index contributed by atoms with van der Waals surface area (Å²) in [6.07, 6.45) is -32.2. The number of aliphatic hydroxyl groups is 16. The number of rotatable bonds is 29. The molecular weight excluding hydrogens is 1480 g/mol. The van der Waals surface area contributed by atoms with E-state index in [2.05, 4.69) is 46.0 Å². The number of carboxylic acids is 1. The zero-order valence-electron chi connectivity index (χ0n) is 64.8. The summed E-state index contributed by atoms with van der Waals surface area (Å²) >= 11 is 1.25. The van der Waals surface area contributed by atoms with Gasteiger partial charge in [0.1, 0.15) is 133 Å². The van der Waals surface area contributed by atoms with Crippen molar-refractivity contribution < 1.29 is 158 Å². The van der Waals surface area contributed by atoms with Crippen molar-refractivity contribution in [1.82, 2.24) is 5.32 Å². The molecule has 6 heterocycles. The lowest BCUT2D eigenvalue weighted by molar-refractivity contribution is -0.391. The average Bonchev–Trinajstić information content (AvgIpc) is 0.671. The molecule has 38 atom stereocenters. The van der Waals surface area contributed by atoms with Gasteiger partial charge >= 0.3 is 5.97 Å². The Morgan fingerprint density at radius 2 is 1.13 bits per heavy atom. The highest BCUT2D eigenvalue weighted by Crippen LogP contribution is 2.76. The zero-order chi connectivity index (χ0) is 80.9. The number of hydrogen-bond donors (Lipinski definition) is 18. The number of nitrogens with one attached hydrogen (secondary N) is 1. The van der Waals surface area contributed by atoms with E-state index in [1.807, 2.05) is 0 Å². The normalized spacial score (nSPS) is 49.2. The van der Waals surface area contributed by atoms with Crippen LogP contribution >= 0.6 is 11.8 Å². The first-order chi connectivity index (χ1) is 52.3. The van der Waals surface area contributed by atoms with Gasteiger partial charge in [-0.3, -0.25) is 4.79 Å². The first kappa shape index (κ1) is 89.1. The molecule has 11 rings (SSSR count). The lowest BCUT2D eigenvalue weighted by atomic mass is 9.33. The number of thioether (sulfide) groups is 1. The van der Waals surface area contributed by atoms with E-state index in [1.165, 1.54) is 24.3 Å². The van der Waals surface area contributed by atoms with E-state index < -0.39 is 255 Å². The molecule has 0 spiro atoms. The van der Waals surface area contributed by atoms with E-state index in [0.717, 1.165) is 57.7 Å². The number of hydrogen-bond acceptors (Lipinski definition) is 32. The minimum atomic E-state index is -2.20. The third-order valence-corrected chi connectivity index (χ3v) is 29.3. The Morgan fingerprint density at radius 1 is 0.559 bits per heavy atom. The average molecular weight is 1610 g/mol. The molecule has 5 aliphatic carbocycles. The zero-order valence-corrected chi connectivity index (χ0v) is 65.6. The van der Waals surface area contributed by atoms with Crippen molar-refractivity contribution in [2.45, 2.75) is 361 Å². The second-order valence-corrected chi connectivity index (χ2v) is 36.6. The lowest BCUT2D eigenvalue weighted by Gasteiger charge is -2.72. The molecule has 0 aromatic heterocycles.